The zero-order valence-corrected chi connectivity index (χ0v) is 18.0. The van der Waals surface area contributed by atoms with Crippen LogP contribution >= 0.6 is 15.9 Å². The van der Waals surface area contributed by atoms with Crippen molar-refractivity contribution in [2.24, 2.45) is 5.92 Å². The Kier molecular flexibility index (Phi) is 6.92. The summed E-state index contributed by atoms with van der Waals surface area (Å²) in [4.78, 5) is 14.4. The zero-order chi connectivity index (χ0) is 18.7. The van der Waals surface area contributed by atoms with Gasteiger partial charge in [-0.1, -0.05) is 56.6 Å². The van der Waals surface area contributed by atoms with Crippen LogP contribution in [0.25, 0.3) is 0 Å². The topological polar surface area (TPSA) is 29.5 Å². The average molecular weight is 398 g/mol. The smallest absolute Gasteiger partial charge is 0.410 e. The molecule has 0 heterocycles. The SMILES string of the molecule is CC(C)CN(Cc1cc(Br)cc(C(C)(C)C)c1)C(=O)OC(C)(C)C. The molecule has 0 spiro atoms. The number of hydrogen-bond acceptors (Lipinski definition) is 2. The van der Waals surface area contributed by atoms with E-state index < -0.39 is 5.60 Å². The Hall–Kier alpha value is -1.03. The molecule has 0 N–H and O–H groups in total. The number of halogens is 1. The second kappa shape index (κ2) is 7.90. The summed E-state index contributed by atoms with van der Waals surface area (Å²) in [6.07, 6.45) is -0.256. The first kappa shape index (κ1) is 21.0. The van der Waals surface area contributed by atoms with Gasteiger partial charge in [-0.3, -0.25) is 0 Å². The van der Waals surface area contributed by atoms with Crippen LogP contribution in [0, 0.1) is 5.92 Å². The van der Waals surface area contributed by atoms with Crippen molar-refractivity contribution in [1.29, 1.82) is 0 Å². The monoisotopic (exact) mass is 397 g/mol. The number of hydrogen-bond donors (Lipinski definition) is 0. The molecule has 1 aromatic carbocycles. The van der Waals surface area contributed by atoms with Gasteiger partial charge in [0.2, 0.25) is 0 Å². The third kappa shape index (κ3) is 7.25. The summed E-state index contributed by atoms with van der Waals surface area (Å²) in [7, 11) is 0. The predicted octanol–water partition coefficient (Wildman–Crippen LogP) is 6.14. The molecular formula is C20H32BrNO2. The summed E-state index contributed by atoms with van der Waals surface area (Å²) in [5, 5.41) is 0. The normalized spacial score (nSPS) is 12.4. The molecule has 0 atom stereocenters. The molecule has 0 aliphatic heterocycles. The van der Waals surface area contributed by atoms with Gasteiger partial charge in [0.1, 0.15) is 5.60 Å². The predicted molar refractivity (Wildman–Crippen MR) is 104 cm³/mol. The minimum atomic E-state index is -0.486. The van der Waals surface area contributed by atoms with Crippen LogP contribution in [0.4, 0.5) is 4.79 Å². The van der Waals surface area contributed by atoms with Crippen LogP contribution in [-0.4, -0.2) is 23.1 Å². The fourth-order valence-electron chi connectivity index (χ4n) is 2.37. The van der Waals surface area contributed by atoms with Crippen LogP contribution in [-0.2, 0) is 16.7 Å². The summed E-state index contributed by atoms with van der Waals surface area (Å²) in [5.74, 6) is 0.381. The molecule has 0 saturated carbocycles. The maximum Gasteiger partial charge on any atom is 0.410 e. The Bertz CT molecular complexity index is 568. The van der Waals surface area contributed by atoms with E-state index in [1.54, 1.807) is 4.90 Å². The van der Waals surface area contributed by atoms with Gasteiger partial charge in [-0.25, -0.2) is 4.79 Å². The van der Waals surface area contributed by atoms with Crippen molar-refractivity contribution >= 4 is 22.0 Å². The standard InChI is InChI=1S/C20H32BrNO2/c1-14(2)12-22(18(23)24-20(6,7)8)13-15-9-16(19(3,4)5)11-17(21)10-15/h9-11,14H,12-13H2,1-8H3. The minimum Gasteiger partial charge on any atom is -0.444 e. The first-order valence-electron chi connectivity index (χ1n) is 8.56. The minimum absolute atomic E-state index is 0.0628. The van der Waals surface area contributed by atoms with Crippen LogP contribution in [0.5, 0.6) is 0 Å². The van der Waals surface area contributed by atoms with E-state index in [1.807, 2.05) is 20.8 Å². The number of carbonyl (C=O) groups is 1. The number of nitrogens with zero attached hydrogens (tertiary/aromatic N) is 1. The van der Waals surface area contributed by atoms with Gasteiger partial charge in [-0.2, -0.15) is 0 Å². The Morgan fingerprint density at radius 3 is 2.17 bits per heavy atom. The van der Waals surface area contributed by atoms with Gasteiger partial charge in [-0.15, -0.1) is 0 Å². The molecule has 0 unspecified atom stereocenters. The maximum atomic E-state index is 12.6. The molecule has 1 aromatic rings. The maximum absolute atomic E-state index is 12.6. The fraction of sp³-hybridized carbons (Fsp3) is 0.650. The Balaban J connectivity index is 3.06. The molecule has 0 saturated heterocycles. The number of amides is 1. The van der Waals surface area contributed by atoms with Crippen molar-refractivity contribution < 1.29 is 9.53 Å². The largest absolute Gasteiger partial charge is 0.444 e. The highest BCUT2D eigenvalue weighted by molar-refractivity contribution is 9.10. The van der Waals surface area contributed by atoms with Crippen molar-refractivity contribution in [3.05, 3.63) is 33.8 Å². The molecule has 0 bridgehead atoms. The number of rotatable bonds is 4. The van der Waals surface area contributed by atoms with Gasteiger partial charge in [0.15, 0.2) is 0 Å². The van der Waals surface area contributed by atoms with Crippen LogP contribution < -0.4 is 0 Å². The highest BCUT2D eigenvalue weighted by atomic mass is 79.9. The quantitative estimate of drug-likeness (QED) is 0.610. The zero-order valence-electron chi connectivity index (χ0n) is 16.4. The first-order valence-corrected chi connectivity index (χ1v) is 9.35. The van der Waals surface area contributed by atoms with E-state index in [0.717, 1.165) is 10.0 Å². The van der Waals surface area contributed by atoms with E-state index in [2.05, 4.69) is 68.7 Å². The molecule has 1 rings (SSSR count). The summed E-state index contributed by atoms with van der Waals surface area (Å²) in [6, 6.07) is 6.40. The van der Waals surface area contributed by atoms with E-state index >= 15 is 0 Å². The van der Waals surface area contributed by atoms with Crippen LogP contribution in [0.1, 0.15) is 66.5 Å². The van der Waals surface area contributed by atoms with E-state index in [-0.39, 0.29) is 11.5 Å². The number of ether oxygens (including phenoxy) is 1. The molecule has 4 heteroatoms. The molecular weight excluding hydrogens is 366 g/mol. The summed E-state index contributed by atoms with van der Waals surface area (Å²) in [5.41, 5.74) is 1.94. The fourth-order valence-corrected chi connectivity index (χ4v) is 2.91. The Morgan fingerprint density at radius 1 is 1.12 bits per heavy atom. The van der Waals surface area contributed by atoms with Crippen molar-refractivity contribution in [2.45, 2.75) is 73.0 Å². The van der Waals surface area contributed by atoms with Gasteiger partial charge in [0, 0.05) is 17.6 Å². The van der Waals surface area contributed by atoms with E-state index in [9.17, 15) is 4.79 Å². The summed E-state index contributed by atoms with van der Waals surface area (Å²) in [6.45, 7) is 17.7. The highest BCUT2D eigenvalue weighted by Gasteiger charge is 2.23. The number of benzene rings is 1. The van der Waals surface area contributed by atoms with Crippen molar-refractivity contribution in [3.8, 4) is 0 Å². The van der Waals surface area contributed by atoms with E-state index in [1.165, 1.54) is 5.56 Å². The summed E-state index contributed by atoms with van der Waals surface area (Å²) < 4.78 is 6.62. The van der Waals surface area contributed by atoms with Crippen LogP contribution in [0.15, 0.2) is 22.7 Å². The van der Waals surface area contributed by atoms with Gasteiger partial charge in [-0.05, 0) is 55.4 Å². The molecule has 0 radical (unpaired) electrons. The highest BCUT2D eigenvalue weighted by Crippen LogP contribution is 2.27. The van der Waals surface area contributed by atoms with E-state index in [0.29, 0.717) is 19.0 Å². The molecule has 136 valence electrons. The van der Waals surface area contributed by atoms with Crippen LogP contribution in [0.2, 0.25) is 0 Å². The second-order valence-electron chi connectivity index (χ2n) is 8.85. The Morgan fingerprint density at radius 2 is 1.71 bits per heavy atom. The van der Waals surface area contributed by atoms with Crippen molar-refractivity contribution in [1.82, 2.24) is 4.90 Å². The first-order chi connectivity index (χ1) is 10.8. The summed E-state index contributed by atoms with van der Waals surface area (Å²) >= 11 is 3.60. The third-order valence-electron chi connectivity index (χ3n) is 3.43. The van der Waals surface area contributed by atoms with Crippen molar-refractivity contribution in [3.63, 3.8) is 0 Å². The average Bonchev–Trinajstić information content (AvgIpc) is 2.33. The molecule has 0 fully saturated rings. The van der Waals surface area contributed by atoms with Gasteiger partial charge >= 0.3 is 6.09 Å². The van der Waals surface area contributed by atoms with Gasteiger partial charge in [0.05, 0.1) is 0 Å². The molecule has 24 heavy (non-hydrogen) atoms. The molecule has 1 amide bonds. The number of carbonyl (C=O) groups excluding carboxylic acids is 1. The lowest BCUT2D eigenvalue weighted by molar-refractivity contribution is 0.0211. The van der Waals surface area contributed by atoms with Crippen molar-refractivity contribution in [2.75, 3.05) is 6.54 Å². The molecule has 3 nitrogen and oxygen atoms in total. The molecule has 0 aromatic heterocycles. The molecule has 0 aliphatic carbocycles. The van der Waals surface area contributed by atoms with E-state index in [4.69, 9.17) is 4.74 Å². The van der Waals surface area contributed by atoms with Gasteiger partial charge in [0.25, 0.3) is 0 Å². The van der Waals surface area contributed by atoms with Crippen LogP contribution in [0.3, 0.4) is 0 Å². The second-order valence-corrected chi connectivity index (χ2v) is 9.77. The van der Waals surface area contributed by atoms with Gasteiger partial charge < -0.3 is 9.64 Å². The molecule has 0 aliphatic rings. The third-order valence-corrected chi connectivity index (χ3v) is 3.89. The Labute approximate surface area is 155 Å². The lowest BCUT2D eigenvalue weighted by Gasteiger charge is -2.29. The lowest BCUT2D eigenvalue weighted by atomic mass is 9.86. The lowest BCUT2D eigenvalue weighted by Crippen LogP contribution is -2.38.